The highest BCUT2D eigenvalue weighted by Crippen LogP contribution is 2.11. The third-order valence-electron chi connectivity index (χ3n) is 3.54. The van der Waals surface area contributed by atoms with Gasteiger partial charge in [-0.05, 0) is 44.5 Å². The minimum absolute atomic E-state index is 0.00814. The zero-order valence-corrected chi connectivity index (χ0v) is 14.2. The van der Waals surface area contributed by atoms with Gasteiger partial charge in [0.2, 0.25) is 0 Å². The van der Waals surface area contributed by atoms with E-state index in [-0.39, 0.29) is 5.91 Å². The fourth-order valence-corrected chi connectivity index (χ4v) is 2.94. The molecule has 0 spiro atoms. The Bertz CT molecular complexity index is 454. The van der Waals surface area contributed by atoms with Gasteiger partial charge in [-0.1, -0.05) is 15.9 Å². The van der Waals surface area contributed by atoms with Crippen LogP contribution in [0.15, 0.2) is 28.7 Å². The van der Waals surface area contributed by atoms with Crippen LogP contribution >= 0.6 is 15.9 Å². The Morgan fingerprint density at radius 3 is 2.52 bits per heavy atom. The van der Waals surface area contributed by atoms with Crippen LogP contribution in [0.2, 0.25) is 0 Å². The van der Waals surface area contributed by atoms with E-state index in [0.717, 1.165) is 30.5 Å². The molecule has 1 saturated heterocycles. The van der Waals surface area contributed by atoms with Crippen LogP contribution in [0.4, 0.5) is 0 Å². The SMILES string of the molecule is CC1CN(CCCNC(=O)c2ccc(Br)cc2)CC(C)O1. The Balaban J connectivity index is 1.67. The van der Waals surface area contributed by atoms with E-state index in [1.807, 2.05) is 24.3 Å². The van der Waals surface area contributed by atoms with Gasteiger partial charge in [0.1, 0.15) is 0 Å². The van der Waals surface area contributed by atoms with Gasteiger partial charge in [0.15, 0.2) is 0 Å². The smallest absolute Gasteiger partial charge is 0.251 e. The van der Waals surface area contributed by atoms with Gasteiger partial charge in [-0.25, -0.2) is 0 Å². The molecule has 1 amide bonds. The molecule has 1 fully saturated rings. The lowest BCUT2D eigenvalue weighted by atomic mass is 10.2. The van der Waals surface area contributed by atoms with Crippen LogP contribution in [-0.4, -0.2) is 49.2 Å². The van der Waals surface area contributed by atoms with Crippen molar-refractivity contribution in [2.24, 2.45) is 0 Å². The van der Waals surface area contributed by atoms with E-state index in [0.29, 0.717) is 24.3 Å². The summed E-state index contributed by atoms with van der Waals surface area (Å²) in [5, 5.41) is 2.97. The van der Waals surface area contributed by atoms with Crippen LogP contribution in [0.5, 0.6) is 0 Å². The number of ether oxygens (including phenoxy) is 1. The zero-order valence-electron chi connectivity index (χ0n) is 12.6. The lowest BCUT2D eigenvalue weighted by Crippen LogP contribution is -2.46. The summed E-state index contributed by atoms with van der Waals surface area (Å²) < 4.78 is 6.69. The first-order chi connectivity index (χ1) is 10.0. The minimum atomic E-state index is -0.00814. The molecule has 1 aromatic rings. The van der Waals surface area contributed by atoms with Crippen LogP contribution in [0.3, 0.4) is 0 Å². The maximum atomic E-state index is 12.0. The zero-order chi connectivity index (χ0) is 15.2. The molecule has 0 radical (unpaired) electrons. The highest BCUT2D eigenvalue weighted by Gasteiger charge is 2.21. The summed E-state index contributed by atoms with van der Waals surface area (Å²) in [6, 6.07) is 7.41. The van der Waals surface area contributed by atoms with Crippen molar-refractivity contribution in [1.82, 2.24) is 10.2 Å². The summed E-state index contributed by atoms with van der Waals surface area (Å²) in [5.74, 6) is -0.00814. The van der Waals surface area contributed by atoms with Gasteiger partial charge in [-0.2, -0.15) is 0 Å². The highest BCUT2D eigenvalue weighted by atomic mass is 79.9. The Morgan fingerprint density at radius 1 is 1.29 bits per heavy atom. The molecule has 21 heavy (non-hydrogen) atoms. The Kier molecular flexibility index (Phi) is 6.21. The predicted octanol–water partition coefficient (Wildman–Crippen LogP) is 2.68. The Labute approximate surface area is 135 Å². The molecule has 0 aromatic heterocycles. The molecule has 116 valence electrons. The van der Waals surface area contributed by atoms with E-state index in [1.165, 1.54) is 0 Å². The molecule has 2 rings (SSSR count). The number of morpholine rings is 1. The van der Waals surface area contributed by atoms with Crippen molar-refractivity contribution in [2.75, 3.05) is 26.2 Å². The topological polar surface area (TPSA) is 41.6 Å². The Morgan fingerprint density at radius 2 is 1.90 bits per heavy atom. The van der Waals surface area contributed by atoms with Crippen LogP contribution in [0, 0.1) is 0 Å². The molecule has 5 heteroatoms. The van der Waals surface area contributed by atoms with Gasteiger partial charge in [0.25, 0.3) is 5.91 Å². The van der Waals surface area contributed by atoms with E-state index in [4.69, 9.17) is 4.74 Å². The van der Waals surface area contributed by atoms with E-state index >= 15 is 0 Å². The molecule has 0 aliphatic carbocycles. The number of rotatable bonds is 5. The summed E-state index contributed by atoms with van der Waals surface area (Å²) in [6.07, 6.45) is 1.55. The fraction of sp³-hybridized carbons (Fsp3) is 0.562. The van der Waals surface area contributed by atoms with Crippen LogP contribution in [-0.2, 0) is 4.74 Å². The van der Waals surface area contributed by atoms with Crippen molar-refractivity contribution in [3.05, 3.63) is 34.3 Å². The van der Waals surface area contributed by atoms with Gasteiger partial charge >= 0.3 is 0 Å². The molecule has 2 atom stereocenters. The minimum Gasteiger partial charge on any atom is -0.373 e. The van der Waals surface area contributed by atoms with Crippen molar-refractivity contribution in [1.29, 1.82) is 0 Å². The van der Waals surface area contributed by atoms with Crippen molar-refractivity contribution in [3.63, 3.8) is 0 Å². The first kappa shape index (κ1) is 16.5. The van der Waals surface area contributed by atoms with E-state index in [9.17, 15) is 4.79 Å². The second-order valence-corrected chi connectivity index (χ2v) is 6.55. The third kappa shape index (κ3) is 5.41. The first-order valence-corrected chi connectivity index (χ1v) is 8.25. The number of carbonyl (C=O) groups excluding carboxylic acids is 1. The number of nitrogens with one attached hydrogen (secondary N) is 1. The van der Waals surface area contributed by atoms with Gasteiger partial charge in [-0.15, -0.1) is 0 Å². The molecule has 0 bridgehead atoms. The van der Waals surface area contributed by atoms with Crippen molar-refractivity contribution in [3.8, 4) is 0 Å². The molecular weight excluding hydrogens is 332 g/mol. The second-order valence-electron chi connectivity index (χ2n) is 5.63. The molecule has 1 N–H and O–H groups in total. The van der Waals surface area contributed by atoms with Crippen molar-refractivity contribution in [2.45, 2.75) is 32.5 Å². The maximum absolute atomic E-state index is 12.0. The maximum Gasteiger partial charge on any atom is 0.251 e. The number of nitrogens with zero attached hydrogens (tertiary/aromatic N) is 1. The Hall–Kier alpha value is -0.910. The van der Waals surface area contributed by atoms with Crippen molar-refractivity contribution < 1.29 is 9.53 Å². The molecule has 1 aliphatic heterocycles. The average Bonchev–Trinajstić information content (AvgIpc) is 2.43. The number of hydrogen-bond acceptors (Lipinski definition) is 3. The normalized spacial score (nSPS) is 23.0. The van der Waals surface area contributed by atoms with Crippen LogP contribution in [0.25, 0.3) is 0 Å². The summed E-state index contributed by atoms with van der Waals surface area (Å²) >= 11 is 3.36. The summed E-state index contributed by atoms with van der Waals surface area (Å²) in [6.45, 7) is 7.87. The molecule has 1 aliphatic rings. The molecule has 4 nitrogen and oxygen atoms in total. The van der Waals surface area contributed by atoms with Crippen molar-refractivity contribution >= 4 is 21.8 Å². The summed E-state index contributed by atoms with van der Waals surface area (Å²) in [5.41, 5.74) is 0.701. The fourth-order valence-electron chi connectivity index (χ4n) is 2.67. The standard InChI is InChI=1S/C16H23BrN2O2/c1-12-10-19(11-13(2)21-12)9-3-8-18-16(20)14-4-6-15(17)7-5-14/h4-7,12-13H,3,8-11H2,1-2H3,(H,18,20). The largest absolute Gasteiger partial charge is 0.373 e. The lowest BCUT2D eigenvalue weighted by Gasteiger charge is -2.35. The van der Waals surface area contributed by atoms with Gasteiger partial charge in [-0.3, -0.25) is 9.69 Å². The molecular formula is C16H23BrN2O2. The quantitative estimate of drug-likeness (QED) is 0.826. The monoisotopic (exact) mass is 354 g/mol. The van der Waals surface area contributed by atoms with Gasteiger partial charge in [0, 0.05) is 36.2 Å². The highest BCUT2D eigenvalue weighted by molar-refractivity contribution is 9.10. The number of amides is 1. The molecule has 1 heterocycles. The lowest BCUT2D eigenvalue weighted by molar-refractivity contribution is -0.0679. The number of halogens is 1. The molecule has 2 unspecified atom stereocenters. The van der Waals surface area contributed by atoms with Crippen LogP contribution < -0.4 is 5.32 Å². The molecule has 0 saturated carbocycles. The van der Waals surface area contributed by atoms with Gasteiger partial charge in [0.05, 0.1) is 12.2 Å². The summed E-state index contributed by atoms with van der Waals surface area (Å²) in [4.78, 5) is 14.4. The third-order valence-corrected chi connectivity index (χ3v) is 4.07. The number of benzene rings is 1. The number of hydrogen-bond donors (Lipinski definition) is 1. The van der Waals surface area contributed by atoms with E-state index < -0.39 is 0 Å². The summed E-state index contributed by atoms with van der Waals surface area (Å²) in [7, 11) is 0. The number of carbonyl (C=O) groups is 1. The first-order valence-electron chi connectivity index (χ1n) is 7.46. The van der Waals surface area contributed by atoms with Crippen LogP contribution in [0.1, 0.15) is 30.6 Å². The molecule has 1 aromatic carbocycles. The predicted molar refractivity (Wildman–Crippen MR) is 87.5 cm³/mol. The van der Waals surface area contributed by atoms with E-state index in [1.54, 1.807) is 0 Å². The van der Waals surface area contributed by atoms with Gasteiger partial charge < -0.3 is 10.1 Å². The van der Waals surface area contributed by atoms with E-state index in [2.05, 4.69) is 40.0 Å². The second kappa shape index (κ2) is 7.92. The average molecular weight is 355 g/mol.